The van der Waals surface area contributed by atoms with Gasteiger partial charge in [0.05, 0.1) is 4.90 Å². The second-order valence-corrected chi connectivity index (χ2v) is 4.10. The van der Waals surface area contributed by atoms with Crippen LogP contribution in [0.5, 0.6) is 0 Å². The maximum Gasteiger partial charge on any atom is 1.00 e. The SMILES string of the molecule is Nc1cc(S(=O)(=O)O)ccc1S.[H-].[Na+]. The van der Waals surface area contributed by atoms with Crippen molar-refractivity contribution in [2.75, 3.05) is 5.73 Å². The number of thiol groups is 1. The van der Waals surface area contributed by atoms with E-state index in [1.165, 1.54) is 12.1 Å². The summed E-state index contributed by atoms with van der Waals surface area (Å²) in [4.78, 5) is 0.250. The zero-order valence-corrected chi connectivity index (χ0v) is 10.6. The summed E-state index contributed by atoms with van der Waals surface area (Å²) in [6.07, 6.45) is 0. The molecule has 0 bridgehead atoms. The summed E-state index contributed by atoms with van der Waals surface area (Å²) < 4.78 is 29.7. The summed E-state index contributed by atoms with van der Waals surface area (Å²) in [5.74, 6) is 0. The van der Waals surface area contributed by atoms with Gasteiger partial charge in [-0.25, -0.2) is 0 Å². The van der Waals surface area contributed by atoms with Crippen molar-refractivity contribution in [3.05, 3.63) is 18.2 Å². The number of rotatable bonds is 1. The van der Waals surface area contributed by atoms with Crippen LogP contribution in [0.25, 0.3) is 0 Å². The van der Waals surface area contributed by atoms with Gasteiger partial charge in [0.1, 0.15) is 0 Å². The Bertz CT molecular complexity index is 410. The van der Waals surface area contributed by atoms with Gasteiger partial charge in [-0.1, -0.05) is 0 Å². The molecule has 0 aliphatic heterocycles. The molecule has 0 aliphatic rings. The number of nitrogen functional groups attached to an aromatic ring is 1. The normalized spacial score (nSPS) is 10.6. The van der Waals surface area contributed by atoms with E-state index in [1.54, 1.807) is 0 Å². The van der Waals surface area contributed by atoms with Crippen LogP contribution in [0.1, 0.15) is 1.43 Å². The number of anilines is 1. The Labute approximate surface area is 105 Å². The minimum Gasteiger partial charge on any atom is -1.00 e. The fraction of sp³-hybridized carbons (Fsp3) is 0. The molecule has 0 fully saturated rings. The Balaban J connectivity index is 0. The van der Waals surface area contributed by atoms with E-state index >= 15 is 0 Å². The molecule has 68 valence electrons. The Morgan fingerprint density at radius 2 is 2.00 bits per heavy atom. The molecular formula is C6H8NNaO3S2. The van der Waals surface area contributed by atoms with Gasteiger partial charge in [-0.05, 0) is 18.2 Å². The molecule has 1 aromatic carbocycles. The van der Waals surface area contributed by atoms with Crippen LogP contribution in [0.4, 0.5) is 5.69 Å². The first-order valence-corrected chi connectivity index (χ1v) is 4.86. The molecule has 1 aromatic rings. The van der Waals surface area contributed by atoms with Gasteiger partial charge in [-0.2, -0.15) is 8.42 Å². The zero-order valence-electron chi connectivity index (χ0n) is 7.93. The summed E-state index contributed by atoms with van der Waals surface area (Å²) in [5, 5.41) is 0. The monoisotopic (exact) mass is 229 g/mol. The molecule has 3 N–H and O–H groups in total. The molecule has 0 saturated carbocycles. The van der Waals surface area contributed by atoms with E-state index in [1.807, 2.05) is 0 Å². The van der Waals surface area contributed by atoms with Crippen LogP contribution in [0.2, 0.25) is 0 Å². The minimum atomic E-state index is -4.16. The molecule has 1 rings (SSSR count). The van der Waals surface area contributed by atoms with Crippen molar-refractivity contribution in [1.82, 2.24) is 0 Å². The van der Waals surface area contributed by atoms with E-state index in [9.17, 15) is 8.42 Å². The second kappa shape index (κ2) is 4.68. The van der Waals surface area contributed by atoms with E-state index in [0.29, 0.717) is 4.90 Å². The summed E-state index contributed by atoms with van der Waals surface area (Å²) in [7, 11) is -4.16. The fourth-order valence-corrected chi connectivity index (χ4v) is 1.35. The molecule has 0 radical (unpaired) electrons. The third-order valence-corrected chi connectivity index (χ3v) is 2.55. The van der Waals surface area contributed by atoms with Crippen LogP contribution in [0.3, 0.4) is 0 Å². The van der Waals surface area contributed by atoms with Gasteiger partial charge in [0.15, 0.2) is 0 Å². The summed E-state index contributed by atoms with van der Waals surface area (Å²) in [6, 6.07) is 3.78. The standard InChI is InChI=1S/C6H7NO3S2.Na.H/c7-5-3-4(12(8,9)10)1-2-6(5)11;;/h1-3,11H,7H2,(H,8,9,10);;/q;+1;-1. The average Bonchev–Trinajstić information content (AvgIpc) is 1.92. The first-order valence-electron chi connectivity index (χ1n) is 2.97. The van der Waals surface area contributed by atoms with Crippen molar-refractivity contribution in [3.8, 4) is 0 Å². The minimum absolute atomic E-state index is 0. The Hall–Kier alpha value is 0.280. The molecule has 0 saturated heterocycles. The average molecular weight is 229 g/mol. The summed E-state index contributed by atoms with van der Waals surface area (Å²) in [6.45, 7) is 0. The number of hydrogen-bond donors (Lipinski definition) is 3. The van der Waals surface area contributed by atoms with Crippen LogP contribution in [0.15, 0.2) is 28.0 Å². The number of benzene rings is 1. The molecule has 0 unspecified atom stereocenters. The topological polar surface area (TPSA) is 80.4 Å². The van der Waals surface area contributed by atoms with Crippen LogP contribution in [0, 0.1) is 0 Å². The van der Waals surface area contributed by atoms with Gasteiger partial charge in [0.2, 0.25) is 0 Å². The van der Waals surface area contributed by atoms with Crippen molar-refractivity contribution in [1.29, 1.82) is 0 Å². The predicted octanol–water partition coefficient (Wildman–Crippen LogP) is -2.08. The van der Waals surface area contributed by atoms with Crippen LogP contribution < -0.4 is 35.3 Å². The van der Waals surface area contributed by atoms with E-state index in [2.05, 4.69) is 12.6 Å². The third-order valence-electron chi connectivity index (χ3n) is 1.30. The van der Waals surface area contributed by atoms with E-state index in [-0.39, 0.29) is 41.6 Å². The molecule has 13 heavy (non-hydrogen) atoms. The van der Waals surface area contributed by atoms with E-state index in [0.717, 1.165) is 6.07 Å². The molecule has 0 amide bonds. The van der Waals surface area contributed by atoms with Crippen LogP contribution in [-0.4, -0.2) is 13.0 Å². The maximum absolute atomic E-state index is 10.6. The maximum atomic E-state index is 10.6. The number of nitrogens with two attached hydrogens (primary N) is 1. The van der Waals surface area contributed by atoms with Gasteiger partial charge in [-0.15, -0.1) is 12.6 Å². The second-order valence-electron chi connectivity index (χ2n) is 2.20. The Kier molecular flexibility index (Phi) is 4.78. The molecule has 0 spiro atoms. The molecular weight excluding hydrogens is 221 g/mol. The first kappa shape index (κ1) is 13.3. The number of hydrogen-bond acceptors (Lipinski definition) is 4. The van der Waals surface area contributed by atoms with Gasteiger partial charge in [0.25, 0.3) is 10.1 Å². The summed E-state index contributed by atoms with van der Waals surface area (Å²) >= 11 is 3.94. The van der Waals surface area contributed by atoms with E-state index in [4.69, 9.17) is 10.3 Å². The van der Waals surface area contributed by atoms with Crippen LogP contribution >= 0.6 is 12.6 Å². The zero-order chi connectivity index (χ0) is 9.35. The smallest absolute Gasteiger partial charge is 1.00 e. The van der Waals surface area contributed by atoms with Crippen molar-refractivity contribution in [2.45, 2.75) is 9.79 Å². The van der Waals surface area contributed by atoms with E-state index < -0.39 is 10.1 Å². The molecule has 0 aromatic heterocycles. The van der Waals surface area contributed by atoms with Gasteiger partial charge in [-0.3, -0.25) is 4.55 Å². The largest absolute Gasteiger partial charge is 1.00 e. The first-order chi connectivity index (χ1) is 5.41. The van der Waals surface area contributed by atoms with Crippen molar-refractivity contribution in [2.24, 2.45) is 0 Å². The molecule has 0 atom stereocenters. The van der Waals surface area contributed by atoms with Gasteiger partial charge >= 0.3 is 29.6 Å². The fourth-order valence-electron chi connectivity index (χ4n) is 0.693. The quantitative estimate of drug-likeness (QED) is 0.223. The summed E-state index contributed by atoms with van der Waals surface area (Å²) in [5.41, 5.74) is 5.58. The predicted molar refractivity (Wildman–Crippen MR) is 49.0 cm³/mol. The van der Waals surface area contributed by atoms with Crippen molar-refractivity contribution < 1.29 is 44.0 Å². The molecule has 0 heterocycles. The van der Waals surface area contributed by atoms with Gasteiger partial charge < -0.3 is 7.16 Å². The molecule has 7 heteroatoms. The Morgan fingerprint density at radius 3 is 2.38 bits per heavy atom. The Morgan fingerprint density at radius 1 is 1.46 bits per heavy atom. The third kappa shape index (κ3) is 3.49. The molecule has 4 nitrogen and oxygen atoms in total. The van der Waals surface area contributed by atoms with Crippen molar-refractivity contribution >= 4 is 28.4 Å². The molecule has 0 aliphatic carbocycles. The van der Waals surface area contributed by atoms with Gasteiger partial charge in [0, 0.05) is 10.6 Å². The van der Waals surface area contributed by atoms with Crippen molar-refractivity contribution in [3.63, 3.8) is 0 Å². The van der Waals surface area contributed by atoms with Crippen LogP contribution in [-0.2, 0) is 10.1 Å².